The summed E-state index contributed by atoms with van der Waals surface area (Å²) >= 11 is 2.75. The topological polar surface area (TPSA) is 101 Å². The van der Waals surface area contributed by atoms with Crippen LogP contribution < -0.4 is 10.6 Å². The van der Waals surface area contributed by atoms with E-state index in [2.05, 4.69) is 34.7 Å². The van der Waals surface area contributed by atoms with Crippen molar-refractivity contribution in [3.63, 3.8) is 0 Å². The van der Waals surface area contributed by atoms with E-state index in [1.165, 1.54) is 23.1 Å². The summed E-state index contributed by atoms with van der Waals surface area (Å²) in [6.45, 7) is 6.83. The molecule has 1 aliphatic rings. The first-order valence-corrected chi connectivity index (χ1v) is 11.0. The molecule has 2 heterocycles. The van der Waals surface area contributed by atoms with Crippen LogP contribution in [0.2, 0.25) is 0 Å². The molecule has 1 aromatic rings. The van der Waals surface area contributed by atoms with Gasteiger partial charge in [-0.25, -0.2) is 8.42 Å². The number of carbonyl (C=O) groups excluding carboxylic acids is 1. The third kappa shape index (κ3) is 5.92. The van der Waals surface area contributed by atoms with E-state index in [9.17, 15) is 13.2 Å². The molecule has 0 aliphatic carbocycles. The molecule has 10 heteroatoms. The average Bonchev–Trinajstić information content (AvgIpc) is 3.03. The van der Waals surface area contributed by atoms with Crippen LogP contribution in [0.25, 0.3) is 0 Å². The van der Waals surface area contributed by atoms with Crippen LogP contribution in [0.1, 0.15) is 27.2 Å². The molecule has 2 atom stereocenters. The Labute approximate surface area is 144 Å². The first-order chi connectivity index (χ1) is 10.7. The molecular weight excluding hydrogens is 356 g/mol. The van der Waals surface area contributed by atoms with E-state index < -0.39 is 9.84 Å². The lowest BCUT2D eigenvalue weighted by Gasteiger charge is -2.14. The van der Waals surface area contributed by atoms with Crippen LogP contribution in [0.4, 0.5) is 5.13 Å². The van der Waals surface area contributed by atoms with Gasteiger partial charge in [0.2, 0.25) is 11.0 Å². The van der Waals surface area contributed by atoms with Crippen LogP contribution in [-0.4, -0.2) is 53.9 Å². The number of anilines is 1. The van der Waals surface area contributed by atoms with Crippen molar-refractivity contribution in [2.75, 3.05) is 23.4 Å². The minimum absolute atomic E-state index is 0.0399. The van der Waals surface area contributed by atoms with Crippen molar-refractivity contribution < 1.29 is 13.2 Å². The van der Waals surface area contributed by atoms with E-state index in [-0.39, 0.29) is 28.7 Å². The first kappa shape index (κ1) is 18.5. The second-order valence-corrected chi connectivity index (χ2v) is 10.8. The summed E-state index contributed by atoms with van der Waals surface area (Å²) in [6, 6.07) is -0.270. The molecule has 1 amide bonds. The molecule has 1 saturated heterocycles. The average molecular weight is 379 g/mol. The molecule has 0 saturated carbocycles. The Morgan fingerprint density at radius 1 is 1.39 bits per heavy atom. The largest absolute Gasteiger partial charge is 0.360 e. The number of nitrogens with zero attached hydrogens (tertiary/aromatic N) is 2. The maximum atomic E-state index is 12.2. The minimum atomic E-state index is -2.99. The van der Waals surface area contributed by atoms with Gasteiger partial charge in [-0.1, -0.05) is 36.9 Å². The quantitative estimate of drug-likeness (QED) is 0.691. The molecule has 2 rings (SSSR count). The van der Waals surface area contributed by atoms with Crippen LogP contribution in [0.5, 0.6) is 0 Å². The van der Waals surface area contributed by atoms with Gasteiger partial charge in [-0.05, 0) is 19.3 Å². The molecule has 2 N–H and O–H groups in total. The zero-order valence-electron chi connectivity index (χ0n) is 13.4. The summed E-state index contributed by atoms with van der Waals surface area (Å²) in [5.41, 5.74) is 0. The Morgan fingerprint density at radius 3 is 2.74 bits per heavy atom. The van der Waals surface area contributed by atoms with E-state index in [0.717, 1.165) is 16.0 Å². The number of hydrogen-bond donors (Lipinski definition) is 2. The second-order valence-electron chi connectivity index (χ2n) is 6.02. The summed E-state index contributed by atoms with van der Waals surface area (Å²) in [6.07, 6.45) is 0.494. The SMILES string of the molecule is CC(C)CNc1nnc(S[C@H](C)C(=O)N[C@H]2CCS(=O)(=O)C2)s1. The zero-order valence-corrected chi connectivity index (χ0v) is 15.9. The fourth-order valence-corrected chi connectivity index (χ4v) is 5.64. The normalized spacial score (nSPS) is 21.3. The third-order valence-corrected chi connectivity index (χ3v) is 7.13. The van der Waals surface area contributed by atoms with Crippen molar-refractivity contribution in [2.45, 2.75) is 42.8 Å². The van der Waals surface area contributed by atoms with Crippen molar-refractivity contribution in [3.8, 4) is 0 Å². The minimum Gasteiger partial charge on any atom is -0.360 e. The van der Waals surface area contributed by atoms with Gasteiger partial charge in [-0.2, -0.15) is 0 Å². The predicted octanol–water partition coefficient (Wildman–Crippen LogP) is 1.39. The van der Waals surface area contributed by atoms with Gasteiger partial charge in [0.25, 0.3) is 0 Å². The summed E-state index contributed by atoms with van der Waals surface area (Å²) in [4.78, 5) is 12.2. The van der Waals surface area contributed by atoms with Crippen LogP contribution >= 0.6 is 23.1 Å². The van der Waals surface area contributed by atoms with E-state index >= 15 is 0 Å². The lowest BCUT2D eigenvalue weighted by molar-refractivity contribution is -0.120. The molecule has 0 radical (unpaired) electrons. The third-order valence-electron chi connectivity index (χ3n) is 3.29. The van der Waals surface area contributed by atoms with Gasteiger partial charge in [0.15, 0.2) is 14.2 Å². The van der Waals surface area contributed by atoms with Crippen LogP contribution in [0.3, 0.4) is 0 Å². The standard InChI is InChI=1S/C13H22N4O3S3/c1-8(2)6-14-12-16-17-13(22-12)21-9(3)11(18)15-10-4-5-23(19,20)7-10/h8-10H,4-7H2,1-3H3,(H,14,16)(H,15,18)/t9-,10+/m1/s1. The van der Waals surface area contributed by atoms with Crippen LogP contribution in [0, 0.1) is 5.92 Å². The summed E-state index contributed by atoms with van der Waals surface area (Å²) in [7, 11) is -2.99. The number of sulfone groups is 1. The number of hydrogen-bond acceptors (Lipinski definition) is 8. The fourth-order valence-electron chi connectivity index (χ4n) is 2.05. The van der Waals surface area contributed by atoms with Gasteiger partial charge in [-0.15, -0.1) is 10.2 Å². The highest BCUT2D eigenvalue weighted by molar-refractivity contribution is 8.02. The van der Waals surface area contributed by atoms with Crippen molar-refractivity contribution in [1.29, 1.82) is 0 Å². The van der Waals surface area contributed by atoms with E-state index in [1.807, 2.05) is 0 Å². The molecule has 0 bridgehead atoms. The number of carbonyl (C=O) groups is 1. The van der Waals surface area contributed by atoms with Gasteiger partial charge in [0.05, 0.1) is 16.8 Å². The lowest BCUT2D eigenvalue weighted by Crippen LogP contribution is -2.39. The summed E-state index contributed by atoms with van der Waals surface area (Å²) in [5, 5.41) is 14.5. The zero-order chi connectivity index (χ0) is 17.0. The summed E-state index contributed by atoms with van der Waals surface area (Å²) < 4.78 is 23.6. The van der Waals surface area contributed by atoms with Gasteiger partial charge in [0, 0.05) is 12.6 Å². The Hall–Kier alpha value is -0.870. The fraction of sp³-hybridized carbons (Fsp3) is 0.769. The van der Waals surface area contributed by atoms with Crippen molar-refractivity contribution in [2.24, 2.45) is 5.92 Å². The molecule has 130 valence electrons. The lowest BCUT2D eigenvalue weighted by atomic mass is 10.2. The van der Waals surface area contributed by atoms with E-state index in [4.69, 9.17) is 0 Å². The number of thioether (sulfide) groups is 1. The number of amides is 1. The highest BCUT2D eigenvalue weighted by Gasteiger charge is 2.30. The highest BCUT2D eigenvalue weighted by atomic mass is 32.2. The number of nitrogens with one attached hydrogen (secondary N) is 2. The molecular formula is C13H22N4O3S3. The molecule has 0 unspecified atom stereocenters. The van der Waals surface area contributed by atoms with Gasteiger partial charge >= 0.3 is 0 Å². The molecule has 1 fully saturated rings. The van der Waals surface area contributed by atoms with Gasteiger partial charge in [0.1, 0.15) is 0 Å². The Balaban J connectivity index is 1.81. The molecule has 23 heavy (non-hydrogen) atoms. The Kier molecular flexibility index (Phi) is 6.26. The highest BCUT2D eigenvalue weighted by Crippen LogP contribution is 2.29. The van der Waals surface area contributed by atoms with Crippen LogP contribution in [-0.2, 0) is 14.6 Å². The molecule has 0 aromatic carbocycles. The predicted molar refractivity (Wildman–Crippen MR) is 93.8 cm³/mol. The summed E-state index contributed by atoms with van der Waals surface area (Å²) in [5.74, 6) is 0.547. The number of aromatic nitrogens is 2. The second kappa shape index (κ2) is 7.80. The van der Waals surface area contributed by atoms with E-state index in [0.29, 0.717) is 12.3 Å². The van der Waals surface area contributed by atoms with Crippen LogP contribution in [0.15, 0.2) is 4.34 Å². The monoisotopic (exact) mass is 378 g/mol. The molecule has 0 spiro atoms. The molecule has 7 nitrogen and oxygen atoms in total. The Bertz CT molecular complexity index is 645. The number of rotatable bonds is 7. The van der Waals surface area contributed by atoms with Crippen molar-refractivity contribution in [3.05, 3.63) is 0 Å². The van der Waals surface area contributed by atoms with Gasteiger partial charge < -0.3 is 10.6 Å². The maximum absolute atomic E-state index is 12.2. The van der Waals surface area contributed by atoms with Gasteiger partial charge in [-0.3, -0.25) is 4.79 Å². The van der Waals surface area contributed by atoms with Crippen molar-refractivity contribution >= 4 is 44.0 Å². The van der Waals surface area contributed by atoms with E-state index in [1.54, 1.807) is 6.92 Å². The Morgan fingerprint density at radius 2 is 2.13 bits per heavy atom. The smallest absolute Gasteiger partial charge is 0.233 e. The molecule has 1 aromatic heterocycles. The van der Waals surface area contributed by atoms with Crippen molar-refractivity contribution in [1.82, 2.24) is 15.5 Å². The molecule has 1 aliphatic heterocycles. The maximum Gasteiger partial charge on any atom is 0.233 e. The first-order valence-electron chi connectivity index (χ1n) is 7.50.